The normalized spacial score (nSPS) is 6.00. The van der Waals surface area contributed by atoms with Crippen LogP contribution in [-0.2, 0) is 0 Å². The van der Waals surface area contributed by atoms with Crippen LogP contribution < -0.4 is 12.4 Å². The van der Waals surface area contributed by atoms with Crippen LogP contribution in [0.1, 0.15) is 0 Å². The highest BCUT2D eigenvalue weighted by Gasteiger charge is 1.58. The number of nitrogens with zero attached hydrogens (tertiary/aromatic N) is 1. The SMILES string of the molecule is [B].[Cl-].c1ccncc1. The number of hydrogen-bond donors (Lipinski definition) is 0. The van der Waals surface area contributed by atoms with Crippen LogP contribution >= 0.6 is 0 Å². The second-order valence-corrected chi connectivity index (χ2v) is 1.02. The molecule has 0 fully saturated rings. The molecule has 0 bridgehead atoms. The van der Waals surface area contributed by atoms with Gasteiger partial charge in [0.25, 0.3) is 0 Å². The average molecular weight is 125 g/mol. The summed E-state index contributed by atoms with van der Waals surface area (Å²) in [7, 11) is 0. The van der Waals surface area contributed by atoms with Crippen molar-refractivity contribution < 1.29 is 12.4 Å². The molecule has 1 heterocycles. The Labute approximate surface area is 57.1 Å². The highest BCUT2D eigenvalue weighted by Crippen LogP contribution is 1.73. The topological polar surface area (TPSA) is 12.9 Å². The van der Waals surface area contributed by atoms with Crippen LogP contribution in [0.5, 0.6) is 0 Å². The van der Waals surface area contributed by atoms with Crippen LogP contribution in [-0.4, -0.2) is 13.4 Å². The Morgan fingerprint density at radius 2 is 1.38 bits per heavy atom. The van der Waals surface area contributed by atoms with Crippen molar-refractivity contribution in [3.8, 4) is 0 Å². The Balaban J connectivity index is 0. The van der Waals surface area contributed by atoms with E-state index in [-0.39, 0.29) is 20.8 Å². The molecule has 0 saturated heterocycles. The molecular weight excluding hydrogens is 120 g/mol. The lowest BCUT2D eigenvalue weighted by atomic mass is 10.5. The zero-order valence-corrected chi connectivity index (χ0v) is 5.05. The van der Waals surface area contributed by atoms with Crippen LogP contribution in [0.25, 0.3) is 0 Å². The molecule has 3 heteroatoms. The van der Waals surface area contributed by atoms with E-state index in [2.05, 4.69) is 4.98 Å². The fourth-order valence-electron chi connectivity index (χ4n) is 0.313. The Kier molecular flexibility index (Phi) is 8.52. The Morgan fingerprint density at radius 1 is 0.875 bits per heavy atom. The number of pyridine rings is 1. The molecule has 8 heavy (non-hydrogen) atoms. The van der Waals surface area contributed by atoms with Crippen molar-refractivity contribution in [3.05, 3.63) is 30.6 Å². The van der Waals surface area contributed by atoms with Gasteiger partial charge in [0.1, 0.15) is 0 Å². The molecule has 0 N–H and O–H groups in total. The lowest BCUT2D eigenvalue weighted by Gasteiger charge is -1.70. The summed E-state index contributed by atoms with van der Waals surface area (Å²) in [5.41, 5.74) is 0. The summed E-state index contributed by atoms with van der Waals surface area (Å²) in [5, 5.41) is 0. The van der Waals surface area contributed by atoms with Gasteiger partial charge < -0.3 is 12.4 Å². The molecule has 0 atom stereocenters. The Morgan fingerprint density at radius 3 is 1.50 bits per heavy atom. The van der Waals surface area contributed by atoms with Gasteiger partial charge in [0.2, 0.25) is 0 Å². The van der Waals surface area contributed by atoms with Crippen LogP contribution in [0.2, 0.25) is 0 Å². The molecular formula is C5H5BClN-. The van der Waals surface area contributed by atoms with Gasteiger partial charge in [-0.1, -0.05) is 6.07 Å². The first-order chi connectivity index (χ1) is 3.00. The number of rotatable bonds is 0. The van der Waals surface area contributed by atoms with E-state index in [1.54, 1.807) is 12.4 Å². The van der Waals surface area contributed by atoms with E-state index in [1.807, 2.05) is 18.2 Å². The van der Waals surface area contributed by atoms with E-state index in [4.69, 9.17) is 0 Å². The Hall–Kier alpha value is -0.495. The minimum Gasteiger partial charge on any atom is -1.00 e. The minimum absolute atomic E-state index is 0. The third-order valence-electron chi connectivity index (χ3n) is 0.566. The standard InChI is InChI=1S/C5H5N.B.ClH/c1-2-4-6-5-3-1;;/h1-5H;;1H/p-1. The molecule has 1 nitrogen and oxygen atoms in total. The van der Waals surface area contributed by atoms with E-state index in [9.17, 15) is 0 Å². The highest BCUT2D eigenvalue weighted by molar-refractivity contribution is 5.75. The van der Waals surface area contributed by atoms with Crippen molar-refractivity contribution in [1.29, 1.82) is 0 Å². The van der Waals surface area contributed by atoms with Gasteiger partial charge in [-0.2, -0.15) is 0 Å². The van der Waals surface area contributed by atoms with Crippen LogP contribution in [0.4, 0.5) is 0 Å². The van der Waals surface area contributed by atoms with E-state index < -0.39 is 0 Å². The van der Waals surface area contributed by atoms with Crippen molar-refractivity contribution >= 4 is 8.41 Å². The zero-order valence-electron chi connectivity index (χ0n) is 4.29. The van der Waals surface area contributed by atoms with Gasteiger partial charge in [-0.25, -0.2) is 0 Å². The zero-order chi connectivity index (χ0) is 4.24. The van der Waals surface area contributed by atoms with Crippen molar-refractivity contribution in [2.24, 2.45) is 0 Å². The predicted molar refractivity (Wildman–Crippen MR) is 30.0 cm³/mol. The van der Waals surface area contributed by atoms with E-state index >= 15 is 0 Å². The van der Waals surface area contributed by atoms with Gasteiger partial charge in [0.05, 0.1) is 0 Å². The number of hydrogen-bond acceptors (Lipinski definition) is 1. The van der Waals surface area contributed by atoms with Gasteiger partial charge >= 0.3 is 0 Å². The minimum atomic E-state index is 0. The fraction of sp³-hybridized carbons (Fsp3) is 0. The molecule has 0 spiro atoms. The van der Waals surface area contributed by atoms with Crippen molar-refractivity contribution in [2.75, 3.05) is 0 Å². The summed E-state index contributed by atoms with van der Waals surface area (Å²) in [4.78, 5) is 3.78. The van der Waals surface area contributed by atoms with E-state index in [0.29, 0.717) is 0 Å². The lowest BCUT2D eigenvalue weighted by Crippen LogP contribution is -3.00. The first-order valence-electron chi connectivity index (χ1n) is 1.85. The summed E-state index contributed by atoms with van der Waals surface area (Å²) in [5.74, 6) is 0. The van der Waals surface area contributed by atoms with Gasteiger partial charge in [0.15, 0.2) is 0 Å². The summed E-state index contributed by atoms with van der Waals surface area (Å²) in [6.07, 6.45) is 3.50. The number of aromatic nitrogens is 1. The van der Waals surface area contributed by atoms with Crippen molar-refractivity contribution in [2.45, 2.75) is 0 Å². The maximum absolute atomic E-state index is 3.78. The molecule has 1 aromatic heterocycles. The van der Waals surface area contributed by atoms with Gasteiger partial charge in [0, 0.05) is 20.8 Å². The van der Waals surface area contributed by atoms with Crippen LogP contribution in [0.15, 0.2) is 30.6 Å². The number of halogens is 1. The molecule has 3 radical (unpaired) electrons. The molecule has 0 unspecified atom stereocenters. The van der Waals surface area contributed by atoms with E-state index in [0.717, 1.165) is 0 Å². The first-order valence-corrected chi connectivity index (χ1v) is 1.85. The molecule has 0 amide bonds. The monoisotopic (exact) mass is 125 g/mol. The maximum Gasteiger partial charge on any atom is 0.0267 e. The predicted octanol–water partition coefficient (Wildman–Crippen LogP) is -2.30. The summed E-state index contributed by atoms with van der Waals surface area (Å²) < 4.78 is 0. The third kappa shape index (κ3) is 3.69. The Bertz CT molecular complexity index is 84.4. The molecule has 1 rings (SSSR count). The smallest absolute Gasteiger partial charge is 0.0267 e. The highest BCUT2D eigenvalue weighted by atomic mass is 35.5. The largest absolute Gasteiger partial charge is 1.00 e. The fourth-order valence-corrected chi connectivity index (χ4v) is 0.313. The van der Waals surface area contributed by atoms with Crippen molar-refractivity contribution in [1.82, 2.24) is 4.98 Å². The quantitative estimate of drug-likeness (QED) is 0.356. The van der Waals surface area contributed by atoms with Crippen LogP contribution in [0.3, 0.4) is 0 Å². The molecule has 0 saturated carbocycles. The molecule has 1 aromatic rings. The average Bonchev–Trinajstić information content (AvgIpc) is 1.72. The first kappa shape index (κ1) is 10.5. The molecule has 0 aliphatic heterocycles. The van der Waals surface area contributed by atoms with Crippen LogP contribution in [0, 0.1) is 0 Å². The van der Waals surface area contributed by atoms with Gasteiger partial charge in [-0.3, -0.25) is 4.98 Å². The van der Waals surface area contributed by atoms with Gasteiger partial charge in [-0.15, -0.1) is 0 Å². The summed E-state index contributed by atoms with van der Waals surface area (Å²) in [6.45, 7) is 0. The second-order valence-electron chi connectivity index (χ2n) is 1.02. The van der Waals surface area contributed by atoms with Gasteiger partial charge in [-0.05, 0) is 12.1 Å². The maximum atomic E-state index is 3.78. The van der Waals surface area contributed by atoms with Crippen molar-refractivity contribution in [3.63, 3.8) is 0 Å². The summed E-state index contributed by atoms with van der Waals surface area (Å²) in [6, 6.07) is 5.72. The van der Waals surface area contributed by atoms with E-state index in [1.165, 1.54) is 0 Å². The molecule has 0 aliphatic rings. The molecule has 0 aliphatic carbocycles. The summed E-state index contributed by atoms with van der Waals surface area (Å²) >= 11 is 0. The molecule has 41 valence electrons. The molecule has 0 aromatic carbocycles. The third-order valence-corrected chi connectivity index (χ3v) is 0.566. The second kappa shape index (κ2) is 6.50. The lowest BCUT2D eigenvalue weighted by molar-refractivity contribution is -0.00000145.